The molecule has 0 aliphatic heterocycles. The Labute approximate surface area is 122 Å². The van der Waals surface area contributed by atoms with Crippen LogP contribution in [-0.4, -0.2) is 22.6 Å². The average molecular weight is 380 g/mol. The predicted octanol–water partition coefficient (Wildman–Crippen LogP) is 3.87. The molecule has 0 radical (unpaired) electrons. The minimum Gasteiger partial charge on any atom is -0.478 e. The van der Waals surface area contributed by atoms with Crippen molar-refractivity contribution in [3.05, 3.63) is 32.2 Å². The third-order valence-electron chi connectivity index (χ3n) is 1.91. The Balaban J connectivity index is 3.26. The van der Waals surface area contributed by atoms with Crippen LogP contribution in [0.4, 0.5) is 0 Å². The van der Waals surface area contributed by atoms with E-state index in [1.807, 2.05) is 0 Å². The van der Waals surface area contributed by atoms with Crippen molar-refractivity contribution < 1.29 is 19.4 Å². The summed E-state index contributed by atoms with van der Waals surface area (Å²) in [4.78, 5) is 23.0. The van der Waals surface area contributed by atoms with Crippen LogP contribution in [0, 0.1) is 0 Å². The summed E-state index contributed by atoms with van der Waals surface area (Å²) in [6.07, 6.45) is 0. The van der Waals surface area contributed by atoms with Gasteiger partial charge in [-0.1, -0.05) is 0 Å². The Morgan fingerprint density at radius 1 is 1.11 bits per heavy atom. The topological polar surface area (TPSA) is 63.6 Å². The second-order valence-corrected chi connectivity index (χ2v) is 6.33. The third kappa shape index (κ3) is 3.81. The molecule has 1 rings (SSSR count). The van der Waals surface area contributed by atoms with E-state index >= 15 is 0 Å². The average Bonchev–Trinajstić information content (AvgIpc) is 2.18. The molecule has 4 nitrogen and oxygen atoms in total. The van der Waals surface area contributed by atoms with Crippen LogP contribution in [0.2, 0.25) is 0 Å². The Kier molecular flexibility index (Phi) is 4.55. The number of carbonyl (C=O) groups excluding carboxylic acids is 1. The van der Waals surface area contributed by atoms with E-state index in [9.17, 15) is 9.59 Å². The van der Waals surface area contributed by atoms with Gasteiger partial charge in [0.2, 0.25) is 0 Å². The molecule has 0 atom stereocenters. The molecule has 0 heterocycles. The highest BCUT2D eigenvalue weighted by atomic mass is 79.9. The fourth-order valence-corrected chi connectivity index (χ4v) is 1.91. The molecule has 1 aromatic rings. The van der Waals surface area contributed by atoms with Gasteiger partial charge in [-0.15, -0.1) is 0 Å². The number of carbonyl (C=O) groups is 2. The van der Waals surface area contributed by atoms with Crippen LogP contribution < -0.4 is 0 Å². The summed E-state index contributed by atoms with van der Waals surface area (Å²) in [5.74, 6) is -1.84. The number of esters is 1. The van der Waals surface area contributed by atoms with Crippen LogP contribution in [0.3, 0.4) is 0 Å². The summed E-state index contributed by atoms with van der Waals surface area (Å²) >= 11 is 6.43. The predicted molar refractivity (Wildman–Crippen MR) is 74.0 cm³/mol. The molecule has 1 aromatic carbocycles. The molecule has 0 aliphatic rings. The van der Waals surface area contributed by atoms with Crippen LogP contribution in [0.25, 0.3) is 0 Å². The van der Waals surface area contributed by atoms with Crippen molar-refractivity contribution in [2.24, 2.45) is 0 Å². The molecule has 0 saturated heterocycles. The van der Waals surface area contributed by atoms with Crippen molar-refractivity contribution in [1.82, 2.24) is 0 Å². The van der Waals surface area contributed by atoms with Crippen LogP contribution >= 0.6 is 31.9 Å². The van der Waals surface area contributed by atoms with Gasteiger partial charge in [-0.2, -0.15) is 0 Å². The van der Waals surface area contributed by atoms with Crippen molar-refractivity contribution in [2.75, 3.05) is 0 Å². The maximum absolute atomic E-state index is 11.9. The van der Waals surface area contributed by atoms with Crippen molar-refractivity contribution in [1.29, 1.82) is 0 Å². The largest absolute Gasteiger partial charge is 0.478 e. The number of hydrogen-bond acceptors (Lipinski definition) is 3. The monoisotopic (exact) mass is 378 g/mol. The van der Waals surface area contributed by atoms with Gasteiger partial charge < -0.3 is 9.84 Å². The molecule has 98 valence electrons. The Morgan fingerprint density at radius 3 is 1.94 bits per heavy atom. The highest BCUT2D eigenvalue weighted by molar-refractivity contribution is 9.13. The molecule has 0 aromatic heterocycles. The Bertz CT molecular complexity index is 504. The zero-order valence-electron chi connectivity index (χ0n) is 10.1. The minimum absolute atomic E-state index is 0.0208. The fourth-order valence-electron chi connectivity index (χ4n) is 1.23. The first-order valence-corrected chi connectivity index (χ1v) is 6.66. The molecule has 18 heavy (non-hydrogen) atoms. The number of rotatable bonds is 2. The first-order chi connectivity index (χ1) is 8.11. The second kappa shape index (κ2) is 5.40. The SMILES string of the molecule is CC(C)(C)OC(=O)c1cc(Br)c(Br)cc1C(=O)O. The lowest BCUT2D eigenvalue weighted by molar-refractivity contribution is 0.00657. The van der Waals surface area contributed by atoms with Gasteiger partial charge in [-0.05, 0) is 64.8 Å². The summed E-state index contributed by atoms with van der Waals surface area (Å²) < 4.78 is 6.32. The lowest BCUT2D eigenvalue weighted by atomic mass is 10.1. The lowest BCUT2D eigenvalue weighted by Gasteiger charge is -2.20. The number of carboxylic acids is 1. The summed E-state index contributed by atoms with van der Waals surface area (Å²) in [5, 5.41) is 9.08. The van der Waals surface area contributed by atoms with Crippen LogP contribution in [0.5, 0.6) is 0 Å². The van der Waals surface area contributed by atoms with Gasteiger partial charge in [-0.3, -0.25) is 0 Å². The minimum atomic E-state index is -1.18. The zero-order chi connectivity index (χ0) is 14.1. The number of halogens is 2. The van der Waals surface area contributed by atoms with Crippen LogP contribution in [0.1, 0.15) is 41.5 Å². The van der Waals surface area contributed by atoms with E-state index in [-0.39, 0.29) is 11.1 Å². The molecule has 0 amide bonds. The van der Waals surface area contributed by atoms with E-state index < -0.39 is 17.5 Å². The molecule has 1 N–H and O–H groups in total. The summed E-state index contributed by atoms with van der Waals surface area (Å²) in [6.45, 7) is 5.16. The molecule has 0 bridgehead atoms. The maximum atomic E-state index is 11.9. The maximum Gasteiger partial charge on any atom is 0.339 e. The van der Waals surface area contributed by atoms with Crippen LogP contribution in [-0.2, 0) is 4.74 Å². The normalized spacial score (nSPS) is 11.2. The van der Waals surface area contributed by atoms with E-state index in [0.29, 0.717) is 8.95 Å². The van der Waals surface area contributed by atoms with Gasteiger partial charge in [-0.25, -0.2) is 9.59 Å². The summed E-state index contributed by atoms with van der Waals surface area (Å²) in [5.41, 5.74) is -0.751. The molecular formula is C12H12Br2O4. The third-order valence-corrected chi connectivity index (χ3v) is 3.75. The van der Waals surface area contributed by atoms with E-state index in [2.05, 4.69) is 31.9 Å². The van der Waals surface area contributed by atoms with Gasteiger partial charge in [0.25, 0.3) is 0 Å². The Morgan fingerprint density at radius 2 is 1.56 bits per heavy atom. The highest BCUT2D eigenvalue weighted by Gasteiger charge is 2.24. The molecular weight excluding hydrogens is 368 g/mol. The summed E-state index contributed by atoms with van der Waals surface area (Å²) in [7, 11) is 0. The smallest absolute Gasteiger partial charge is 0.339 e. The summed E-state index contributed by atoms with van der Waals surface area (Å²) in [6, 6.07) is 2.80. The lowest BCUT2D eigenvalue weighted by Crippen LogP contribution is -2.25. The standard InChI is InChI=1S/C12H12Br2O4/c1-12(2,3)18-11(17)7-5-9(14)8(13)4-6(7)10(15)16/h4-5H,1-3H3,(H,15,16). The number of aromatic carboxylic acids is 1. The van der Waals surface area contributed by atoms with Gasteiger partial charge in [0, 0.05) is 8.95 Å². The fraction of sp³-hybridized carbons (Fsp3) is 0.333. The first-order valence-electron chi connectivity index (χ1n) is 5.07. The van der Waals surface area contributed by atoms with Crippen molar-refractivity contribution in [3.8, 4) is 0 Å². The Hall–Kier alpha value is -0.880. The molecule has 0 aliphatic carbocycles. The van der Waals surface area contributed by atoms with Crippen molar-refractivity contribution in [2.45, 2.75) is 26.4 Å². The van der Waals surface area contributed by atoms with Gasteiger partial charge >= 0.3 is 11.9 Å². The number of benzene rings is 1. The first kappa shape index (κ1) is 15.2. The number of ether oxygens (including phenoxy) is 1. The molecule has 0 spiro atoms. The van der Waals surface area contributed by atoms with E-state index in [1.54, 1.807) is 20.8 Å². The number of carboxylic acid groups (broad SMARTS) is 1. The molecule has 0 saturated carbocycles. The number of hydrogen-bond donors (Lipinski definition) is 1. The zero-order valence-corrected chi connectivity index (χ0v) is 13.3. The van der Waals surface area contributed by atoms with Crippen molar-refractivity contribution >= 4 is 43.8 Å². The van der Waals surface area contributed by atoms with Gasteiger partial charge in [0.05, 0.1) is 11.1 Å². The second-order valence-electron chi connectivity index (χ2n) is 4.62. The van der Waals surface area contributed by atoms with Gasteiger partial charge in [0.15, 0.2) is 0 Å². The van der Waals surface area contributed by atoms with E-state index in [4.69, 9.17) is 9.84 Å². The van der Waals surface area contributed by atoms with Gasteiger partial charge in [0.1, 0.15) is 5.60 Å². The quantitative estimate of drug-likeness (QED) is 0.792. The van der Waals surface area contributed by atoms with E-state index in [0.717, 1.165) is 0 Å². The highest BCUT2D eigenvalue weighted by Crippen LogP contribution is 2.28. The van der Waals surface area contributed by atoms with Crippen LogP contribution in [0.15, 0.2) is 21.1 Å². The molecule has 0 unspecified atom stereocenters. The van der Waals surface area contributed by atoms with E-state index in [1.165, 1.54) is 12.1 Å². The molecule has 0 fully saturated rings. The molecule has 6 heteroatoms. The van der Waals surface area contributed by atoms with Crippen molar-refractivity contribution in [3.63, 3.8) is 0 Å².